The van der Waals surface area contributed by atoms with Gasteiger partial charge in [-0.1, -0.05) is 0 Å². The van der Waals surface area contributed by atoms with Gasteiger partial charge in [-0.3, -0.25) is 0 Å². The van der Waals surface area contributed by atoms with Crippen LogP contribution in [0.5, 0.6) is 5.75 Å². The first kappa shape index (κ1) is 18.5. The molecule has 0 radical (unpaired) electrons. The number of sulfonamides is 1. The topological polar surface area (TPSA) is 96.3 Å². The zero-order valence-corrected chi connectivity index (χ0v) is 14.6. The summed E-state index contributed by atoms with van der Waals surface area (Å²) in [6.07, 6.45) is 1.22. The van der Waals surface area contributed by atoms with E-state index in [4.69, 9.17) is 9.84 Å². The highest BCUT2D eigenvalue weighted by Gasteiger charge is 2.13. The average molecular weight is 362 g/mol. The number of benzene rings is 2. The van der Waals surface area contributed by atoms with Crippen LogP contribution in [0.4, 0.5) is 5.69 Å². The van der Waals surface area contributed by atoms with E-state index in [1.165, 1.54) is 37.7 Å². The quantitative estimate of drug-likeness (QED) is 0.601. The van der Waals surface area contributed by atoms with Gasteiger partial charge in [0.25, 0.3) is 10.0 Å². The Morgan fingerprint density at radius 1 is 1.16 bits per heavy atom. The van der Waals surface area contributed by atoms with E-state index in [0.717, 1.165) is 0 Å². The molecule has 0 saturated heterocycles. The van der Waals surface area contributed by atoms with Gasteiger partial charge in [-0.05, 0) is 55.5 Å². The van der Waals surface area contributed by atoms with Crippen LogP contribution in [0.3, 0.4) is 0 Å². The maximum absolute atomic E-state index is 12.3. The summed E-state index contributed by atoms with van der Waals surface area (Å²) >= 11 is 0. The molecule has 0 aliphatic carbocycles. The molecular weight excluding hydrogens is 344 g/mol. The van der Waals surface area contributed by atoms with Gasteiger partial charge in [0.15, 0.2) is 0 Å². The Morgan fingerprint density at radius 2 is 1.76 bits per heavy atom. The van der Waals surface area contributed by atoms with Crippen molar-refractivity contribution < 1.29 is 23.1 Å². The minimum absolute atomic E-state index is 0.0572. The molecule has 2 aromatic carbocycles. The summed E-state index contributed by atoms with van der Waals surface area (Å²) in [5.41, 5.74) is 0.795. The lowest BCUT2D eigenvalue weighted by atomic mass is 10.2. The molecule has 1 N–H and O–H groups in total. The number of methoxy groups -OCH3 is 1. The minimum Gasteiger partial charge on any atom is -0.497 e. The van der Waals surface area contributed by atoms with Gasteiger partial charge in [0.1, 0.15) is 12.1 Å². The molecule has 2 rings (SSSR count). The SMILES string of the molecule is CCN(/C=N/S(=O)(=O)c1ccc(OC)cc1)c1ccc(C(=O)O)cc1. The van der Waals surface area contributed by atoms with Gasteiger partial charge in [-0.15, -0.1) is 4.40 Å². The standard InChI is InChI=1S/C17H18N2O5S/c1-3-19(14-6-4-13(5-7-14)17(20)21)12-18-25(22,23)16-10-8-15(24-2)9-11-16/h4-12H,3H2,1-2H3,(H,20,21)/b18-12+. The van der Waals surface area contributed by atoms with Crippen LogP contribution in [-0.2, 0) is 10.0 Å². The average Bonchev–Trinajstić information content (AvgIpc) is 2.62. The molecule has 0 unspecified atom stereocenters. The molecule has 25 heavy (non-hydrogen) atoms. The van der Waals surface area contributed by atoms with Crippen LogP contribution in [-0.4, -0.2) is 39.5 Å². The van der Waals surface area contributed by atoms with E-state index in [1.54, 1.807) is 29.2 Å². The fraction of sp³-hybridized carbons (Fsp3) is 0.176. The second-order valence-electron chi connectivity index (χ2n) is 5.01. The van der Waals surface area contributed by atoms with E-state index in [9.17, 15) is 13.2 Å². The predicted molar refractivity (Wildman–Crippen MR) is 95.1 cm³/mol. The first-order chi connectivity index (χ1) is 11.9. The Morgan fingerprint density at radius 3 is 2.24 bits per heavy atom. The van der Waals surface area contributed by atoms with Gasteiger partial charge < -0.3 is 14.7 Å². The van der Waals surface area contributed by atoms with Crippen molar-refractivity contribution in [3.63, 3.8) is 0 Å². The Labute approximate surface area is 146 Å². The molecule has 0 heterocycles. The van der Waals surface area contributed by atoms with Gasteiger partial charge in [-0.25, -0.2) is 4.79 Å². The zero-order chi connectivity index (χ0) is 18.4. The molecule has 0 atom stereocenters. The van der Waals surface area contributed by atoms with Crippen molar-refractivity contribution in [2.24, 2.45) is 4.40 Å². The summed E-state index contributed by atoms with van der Waals surface area (Å²) in [6, 6.07) is 12.0. The third-order valence-electron chi connectivity index (χ3n) is 3.47. The van der Waals surface area contributed by atoms with Gasteiger partial charge in [0, 0.05) is 12.2 Å². The number of carboxylic acids is 1. The van der Waals surface area contributed by atoms with Crippen molar-refractivity contribution in [1.82, 2.24) is 0 Å². The monoisotopic (exact) mass is 362 g/mol. The van der Waals surface area contributed by atoms with Crippen molar-refractivity contribution >= 4 is 28.0 Å². The van der Waals surface area contributed by atoms with Crippen LogP contribution in [0, 0.1) is 0 Å². The van der Waals surface area contributed by atoms with E-state index >= 15 is 0 Å². The highest BCUT2D eigenvalue weighted by atomic mass is 32.2. The second kappa shape index (κ2) is 7.80. The lowest BCUT2D eigenvalue weighted by Crippen LogP contribution is -2.21. The molecule has 0 spiro atoms. The zero-order valence-electron chi connectivity index (χ0n) is 13.8. The maximum atomic E-state index is 12.3. The third-order valence-corrected chi connectivity index (χ3v) is 4.71. The number of rotatable bonds is 7. The molecule has 0 bridgehead atoms. The molecule has 0 saturated carbocycles. The molecule has 0 amide bonds. The van der Waals surface area contributed by atoms with Crippen LogP contribution in [0.1, 0.15) is 17.3 Å². The van der Waals surface area contributed by atoms with E-state index in [1.807, 2.05) is 6.92 Å². The van der Waals surface area contributed by atoms with E-state index < -0.39 is 16.0 Å². The number of carbonyl (C=O) groups is 1. The van der Waals surface area contributed by atoms with E-state index in [-0.39, 0.29) is 10.5 Å². The number of anilines is 1. The number of ether oxygens (including phenoxy) is 1. The minimum atomic E-state index is -3.84. The third kappa shape index (κ3) is 4.57. The number of hydrogen-bond donors (Lipinski definition) is 1. The first-order valence-electron chi connectivity index (χ1n) is 7.42. The van der Waals surface area contributed by atoms with Crippen LogP contribution < -0.4 is 9.64 Å². The summed E-state index contributed by atoms with van der Waals surface area (Å²) < 4.78 is 33.3. The fourth-order valence-electron chi connectivity index (χ4n) is 2.05. The summed E-state index contributed by atoms with van der Waals surface area (Å²) in [6.45, 7) is 2.30. The van der Waals surface area contributed by atoms with Crippen molar-refractivity contribution in [3.05, 3.63) is 54.1 Å². The molecular formula is C17H18N2O5S. The Balaban J connectivity index is 2.22. The number of carboxylic acid groups (broad SMARTS) is 1. The van der Waals surface area contributed by atoms with Crippen molar-refractivity contribution in [2.45, 2.75) is 11.8 Å². The molecule has 0 fully saturated rings. The molecule has 0 aromatic heterocycles. The molecule has 0 aliphatic heterocycles. The fourth-order valence-corrected chi connectivity index (χ4v) is 2.89. The number of aromatic carboxylic acids is 1. The summed E-state index contributed by atoms with van der Waals surface area (Å²) in [5, 5.41) is 8.92. The molecule has 0 aliphatic rings. The second-order valence-corrected chi connectivity index (χ2v) is 6.64. The Hall–Kier alpha value is -2.87. The Bertz CT molecular complexity index is 859. The van der Waals surface area contributed by atoms with E-state index in [2.05, 4.69) is 4.40 Å². The maximum Gasteiger partial charge on any atom is 0.335 e. The van der Waals surface area contributed by atoms with Crippen LogP contribution >= 0.6 is 0 Å². The molecule has 8 heteroatoms. The highest BCUT2D eigenvalue weighted by Crippen LogP contribution is 2.18. The smallest absolute Gasteiger partial charge is 0.335 e. The first-order valence-corrected chi connectivity index (χ1v) is 8.86. The molecule has 7 nitrogen and oxygen atoms in total. The van der Waals surface area contributed by atoms with Gasteiger partial charge >= 0.3 is 5.97 Å². The van der Waals surface area contributed by atoms with Gasteiger partial charge in [-0.2, -0.15) is 8.42 Å². The number of nitrogens with zero attached hydrogens (tertiary/aromatic N) is 2. The van der Waals surface area contributed by atoms with Gasteiger partial charge in [0.2, 0.25) is 0 Å². The predicted octanol–water partition coefficient (Wildman–Crippen LogP) is 2.64. The number of hydrogen-bond acceptors (Lipinski definition) is 4. The normalized spacial score (nSPS) is 11.4. The van der Waals surface area contributed by atoms with Crippen molar-refractivity contribution in [1.29, 1.82) is 0 Å². The van der Waals surface area contributed by atoms with Crippen molar-refractivity contribution in [3.8, 4) is 5.75 Å². The lowest BCUT2D eigenvalue weighted by molar-refractivity contribution is 0.0697. The Kier molecular flexibility index (Phi) is 5.76. The van der Waals surface area contributed by atoms with E-state index in [0.29, 0.717) is 18.0 Å². The summed E-state index contributed by atoms with van der Waals surface area (Å²) in [7, 11) is -2.35. The van der Waals surface area contributed by atoms with Crippen LogP contribution in [0.25, 0.3) is 0 Å². The molecule has 132 valence electrons. The van der Waals surface area contributed by atoms with Gasteiger partial charge in [0.05, 0.1) is 17.6 Å². The van der Waals surface area contributed by atoms with Crippen molar-refractivity contribution in [2.75, 3.05) is 18.6 Å². The molecule has 2 aromatic rings. The van der Waals surface area contributed by atoms with Crippen LogP contribution in [0.15, 0.2) is 57.8 Å². The summed E-state index contributed by atoms with van der Waals surface area (Å²) in [5.74, 6) is -0.470. The highest BCUT2D eigenvalue weighted by molar-refractivity contribution is 7.90. The lowest BCUT2D eigenvalue weighted by Gasteiger charge is -2.17. The van der Waals surface area contributed by atoms with Crippen LogP contribution in [0.2, 0.25) is 0 Å². The summed E-state index contributed by atoms with van der Waals surface area (Å²) in [4.78, 5) is 12.5. The largest absolute Gasteiger partial charge is 0.497 e.